The average molecular weight is 863 g/mol. The molecule has 8 nitrogen and oxygen atoms in total. The SMILES string of the molecule is CCCCCCCCC(CCCCCC)COC(=O)CCCCCN(CCCCCC(=O)OCC(CCCCCC)CCCCCCCC)C(=O)CCN(CCO)C1CCC1. The maximum absolute atomic E-state index is 13.6. The molecule has 360 valence electrons. The summed E-state index contributed by atoms with van der Waals surface area (Å²) < 4.78 is 11.7. The Balaban J connectivity index is 2.55. The van der Waals surface area contributed by atoms with Gasteiger partial charge >= 0.3 is 11.9 Å². The van der Waals surface area contributed by atoms with Crippen LogP contribution in [0.2, 0.25) is 0 Å². The number of rotatable bonds is 46. The summed E-state index contributed by atoms with van der Waals surface area (Å²) in [7, 11) is 0. The third-order valence-electron chi connectivity index (χ3n) is 13.4. The van der Waals surface area contributed by atoms with Gasteiger partial charge < -0.3 is 19.5 Å². The molecule has 0 aliphatic heterocycles. The third-order valence-corrected chi connectivity index (χ3v) is 13.4. The molecule has 0 bridgehead atoms. The minimum absolute atomic E-state index is 0.0757. The van der Waals surface area contributed by atoms with Gasteiger partial charge in [-0.1, -0.05) is 175 Å². The Bertz CT molecular complexity index is 947. The zero-order valence-corrected chi connectivity index (χ0v) is 41.0. The summed E-state index contributed by atoms with van der Waals surface area (Å²) in [6.45, 7) is 13.0. The van der Waals surface area contributed by atoms with E-state index in [4.69, 9.17) is 9.47 Å². The lowest BCUT2D eigenvalue weighted by Gasteiger charge is -2.37. The first-order valence-electron chi connectivity index (χ1n) is 26.8. The summed E-state index contributed by atoms with van der Waals surface area (Å²) in [6.07, 6.45) is 40.2. The van der Waals surface area contributed by atoms with Crippen LogP contribution >= 0.6 is 0 Å². The maximum atomic E-state index is 13.6. The minimum Gasteiger partial charge on any atom is -0.465 e. The van der Waals surface area contributed by atoms with Gasteiger partial charge in [0.1, 0.15) is 0 Å². The van der Waals surface area contributed by atoms with Crippen LogP contribution in [0.1, 0.15) is 259 Å². The number of ether oxygens (including phenoxy) is 2. The Labute approximate surface area is 378 Å². The Kier molecular flexibility index (Phi) is 39.8. The molecule has 0 aromatic heterocycles. The van der Waals surface area contributed by atoms with E-state index < -0.39 is 0 Å². The van der Waals surface area contributed by atoms with Gasteiger partial charge in [0.2, 0.25) is 5.91 Å². The van der Waals surface area contributed by atoms with E-state index in [1.54, 1.807) is 0 Å². The summed E-state index contributed by atoms with van der Waals surface area (Å²) in [5, 5.41) is 9.65. The van der Waals surface area contributed by atoms with E-state index in [2.05, 4.69) is 32.6 Å². The molecule has 1 fully saturated rings. The molecule has 1 amide bonds. The second-order valence-electron chi connectivity index (χ2n) is 19.0. The highest BCUT2D eigenvalue weighted by molar-refractivity contribution is 5.76. The molecule has 0 saturated heterocycles. The molecule has 2 atom stereocenters. The van der Waals surface area contributed by atoms with Crippen molar-refractivity contribution >= 4 is 17.8 Å². The van der Waals surface area contributed by atoms with E-state index in [0.29, 0.717) is 76.5 Å². The van der Waals surface area contributed by atoms with Crippen molar-refractivity contribution in [1.29, 1.82) is 0 Å². The fourth-order valence-corrected chi connectivity index (χ4v) is 8.95. The second kappa shape index (κ2) is 42.3. The lowest BCUT2D eigenvalue weighted by molar-refractivity contribution is -0.146. The van der Waals surface area contributed by atoms with Crippen LogP contribution in [-0.4, -0.2) is 84.8 Å². The highest BCUT2D eigenvalue weighted by atomic mass is 16.5. The van der Waals surface area contributed by atoms with Crippen LogP contribution in [0.15, 0.2) is 0 Å². The Morgan fingerprint density at radius 2 is 0.852 bits per heavy atom. The molecule has 1 N–H and O–H groups in total. The van der Waals surface area contributed by atoms with Gasteiger partial charge in [-0.2, -0.15) is 0 Å². The first kappa shape index (κ1) is 57.3. The van der Waals surface area contributed by atoms with E-state index in [1.807, 2.05) is 4.90 Å². The van der Waals surface area contributed by atoms with Gasteiger partial charge in [0, 0.05) is 51.5 Å². The summed E-state index contributed by atoms with van der Waals surface area (Å²) in [5.41, 5.74) is 0. The van der Waals surface area contributed by atoms with Crippen LogP contribution in [-0.2, 0) is 23.9 Å². The van der Waals surface area contributed by atoms with E-state index in [9.17, 15) is 19.5 Å². The Morgan fingerprint density at radius 1 is 0.475 bits per heavy atom. The number of carbonyl (C=O) groups is 3. The van der Waals surface area contributed by atoms with Gasteiger partial charge in [-0.3, -0.25) is 19.3 Å². The standard InChI is InChI=1S/C53H102N2O6/c1-5-9-13-17-19-25-34-48(32-23-15-11-7-3)46-60-52(58)38-27-21-29-41-55(51(57)40-43-54(44-45-56)50-36-31-37-50)42-30-22-28-39-53(59)61-47-49(33-24-16-12-8-4)35-26-20-18-14-10-6-2/h48-50,56H,5-47H2,1-4H3. The monoisotopic (exact) mass is 863 g/mol. The Morgan fingerprint density at radius 3 is 1.23 bits per heavy atom. The van der Waals surface area contributed by atoms with Crippen molar-refractivity contribution in [1.82, 2.24) is 9.80 Å². The number of unbranched alkanes of at least 4 members (excludes halogenated alkanes) is 20. The summed E-state index contributed by atoms with van der Waals surface area (Å²) in [6, 6.07) is 0.492. The summed E-state index contributed by atoms with van der Waals surface area (Å²) in [4.78, 5) is 43.5. The molecule has 0 aromatic rings. The molecule has 0 spiro atoms. The number of amides is 1. The van der Waals surface area contributed by atoms with Crippen LogP contribution in [0, 0.1) is 11.8 Å². The molecular formula is C53H102N2O6. The van der Waals surface area contributed by atoms with Crippen molar-refractivity contribution in [2.24, 2.45) is 11.8 Å². The van der Waals surface area contributed by atoms with Crippen molar-refractivity contribution in [2.45, 2.75) is 265 Å². The topological polar surface area (TPSA) is 96.4 Å². The molecule has 2 unspecified atom stereocenters. The van der Waals surface area contributed by atoms with Gasteiger partial charge in [0.25, 0.3) is 0 Å². The fraction of sp³-hybridized carbons (Fsp3) is 0.943. The van der Waals surface area contributed by atoms with Gasteiger partial charge in [-0.15, -0.1) is 0 Å². The van der Waals surface area contributed by atoms with Crippen LogP contribution < -0.4 is 0 Å². The lowest BCUT2D eigenvalue weighted by atomic mass is 9.91. The Hall–Kier alpha value is -1.67. The number of nitrogens with zero attached hydrogens (tertiary/aromatic N) is 2. The first-order valence-corrected chi connectivity index (χ1v) is 26.8. The van der Waals surface area contributed by atoms with Crippen LogP contribution in [0.4, 0.5) is 0 Å². The number of esters is 2. The van der Waals surface area contributed by atoms with E-state index in [-0.39, 0.29) is 24.5 Å². The van der Waals surface area contributed by atoms with Gasteiger partial charge in [-0.05, 0) is 76.0 Å². The zero-order valence-electron chi connectivity index (χ0n) is 41.0. The number of aliphatic hydroxyl groups excluding tert-OH is 1. The van der Waals surface area contributed by atoms with Crippen molar-refractivity contribution in [3.05, 3.63) is 0 Å². The molecule has 61 heavy (non-hydrogen) atoms. The van der Waals surface area contributed by atoms with Gasteiger partial charge in [-0.25, -0.2) is 0 Å². The van der Waals surface area contributed by atoms with Crippen molar-refractivity contribution in [2.75, 3.05) is 46.0 Å². The van der Waals surface area contributed by atoms with Crippen molar-refractivity contribution in [3.63, 3.8) is 0 Å². The van der Waals surface area contributed by atoms with Gasteiger partial charge in [0.15, 0.2) is 0 Å². The number of carbonyl (C=O) groups excluding carboxylic acids is 3. The van der Waals surface area contributed by atoms with E-state index in [0.717, 1.165) is 77.0 Å². The summed E-state index contributed by atoms with van der Waals surface area (Å²) in [5.74, 6) is 0.979. The normalized spacial score (nSPS) is 13.9. The molecule has 1 aliphatic carbocycles. The number of aliphatic hydroxyl groups is 1. The maximum Gasteiger partial charge on any atom is 0.305 e. The molecule has 0 heterocycles. The first-order chi connectivity index (χ1) is 29.9. The quantitative estimate of drug-likeness (QED) is 0.0481. The fourth-order valence-electron chi connectivity index (χ4n) is 8.95. The molecule has 8 heteroatoms. The zero-order chi connectivity index (χ0) is 44.4. The second-order valence-corrected chi connectivity index (χ2v) is 19.0. The third kappa shape index (κ3) is 33.5. The molecule has 1 rings (SSSR count). The number of hydrogen-bond donors (Lipinski definition) is 1. The minimum atomic E-state index is -0.0757. The van der Waals surface area contributed by atoms with E-state index in [1.165, 1.54) is 135 Å². The molecule has 0 radical (unpaired) electrons. The molecular weight excluding hydrogens is 761 g/mol. The largest absolute Gasteiger partial charge is 0.465 e. The van der Waals surface area contributed by atoms with E-state index >= 15 is 0 Å². The summed E-state index contributed by atoms with van der Waals surface area (Å²) >= 11 is 0. The predicted molar refractivity (Wildman–Crippen MR) is 257 cm³/mol. The molecule has 0 aromatic carbocycles. The van der Waals surface area contributed by atoms with Crippen molar-refractivity contribution in [3.8, 4) is 0 Å². The van der Waals surface area contributed by atoms with Crippen LogP contribution in [0.5, 0.6) is 0 Å². The smallest absolute Gasteiger partial charge is 0.305 e. The predicted octanol–water partition coefficient (Wildman–Crippen LogP) is 13.9. The molecule has 1 saturated carbocycles. The molecule has 1 aliphatic rings. The van der Waals surface area contributed by atoms with Gasteiger partial charge in [0.05, 0.1) is 19.8 Å². The highest BCUT2D eigenvalue weighted by Gasteiger charge is 2.25. The lowest BCUT2D eigenvalue weighted by Crippen LogP contribution is -2.44. The highest BCUT2D eigenvalue weighted by Crippen LogP contribution is 2.25. The average Bonchev–Trinajstić information content (AvgIpc) is 3.24. The number of hydrogen-bond acceptors (Lipinski definition) is 7. The van der Waals surface area contributed by atoms with Crippen LogP contribution in [0.25, 0.3) is 0 Å². The van der Waals surface area contributed by atoms with Crippen LogP contribution in [0.3, 0.4) is 0 Å². The van der Waals surface area contributed by atoms with Crippen molar-refractivity contribution < 1.29 is 29.0 Å².